The van der Waals surface area contributed by atoms with Crippen LogP contribution in [0.25, 0.3) is 11.5 Å². The number of carbonyl (C=O) groups excluding carboxylic acids is 2. The molecule has 1 atom stereocenters. The van der Waals surface area contributed by atoms with Crippen molar-refractivity contribution < 1.29 is 14.0 Å². The van der Waals surface area contributed by atoms with E-state index in [-0.39, 0.29) is 6.04 Å². The van der Waals surface area contributed by atoms with Gasteiger partial charge in [0.1, 0.15) is 0 Å². The van der Waals surface area contributed by atoms with Gasteiger partial charge >= 0.3 is 11.8 Å². The van der Waals surface area contributed by atoms with Crippen molar-refractivity contribution in [1.82, 2.24) is 15.5 Å². The van der Waals surface area contributed by atoms with Gasteiger partial charge in [0.05, 0.1) is 0 Å². The van der Waals surface area contributed by atoms with Crippen LogP contribution in [0.3, 0.4) is 0 Å². The number of nitrogens with one attached hydrogen (secondary N) is 2. The molecule has 1 heterocycles. The lowest BCUT2D eigenvalue weighted by atomic mass is 10.1. The summed E-state index contributed by atoms with van der Waals surface area (Å²) in [6.07, 6.45) is 1.59. The van der Waals surface area contributed by atoms with Crippen molar-refractivity contribution in [1.29, 1.82) is 0 Å². The molecular weight excluding hydrogens is 356 g/mol. The Hall–Kier alpha value is -3.48. The van der Waals surface area contributed by atoms with Crippen LogP contribution in [0.5, 0.6) is 0 Å². The molecule has 2 aromatic carbocycles. The average molecular weight is 378 g/mol. The van der Waals surface area contributed by atoms with Crippen LogP contribution in [0, 0.1) is 6.92 Å². The average Bonchev–Trinajstić information content (AvgIpc) is 3.14. The number of aryl methyl sites for hydroxylation is 2. The Morgan fingerprint density at radius 2 is 1.71 bits per heavy atom. The Balaban J connectivity index is 1.49. The van der Waals surface area contributed by atoms with Gasteiger partial charge in [-0.2, -0.15) is 0 Å². The van der Waals surface area contributed by atoms with Gasteiger partial charge in [-0.15, -0.1) is 10.2 Å². The fourth-order valence-electron chi connectivity index (χ4n) is 2.69. The van der Waals surface area contributed by atoms with Crippen molar-refractivity contribution in [3.05, 3.63) is 66.1 Å². The molecule has 0 aliphatic heterocycles. The second kappa shape index (κ2) is 8.94. The zero-order valence-corrected chi connectivity index (χ0v) is 15.8. The van der Waals surface area contributed by atoms with Crippen molar-refractivity contribution in [2.45, 2.75) is 32.7 Å². The predicted molar refractivity (Wildman–Crippen MR) is 105 cm³/mol. The van der Waals surface area contributed by atoms with Crippen molar-refractivity contribution in [2.75, 3.05) is 5.32 Å². The van der Waals surface area contributed by atoms with Crippen LogP contribution in [-0.2, 0) is 16.0 Å². The summed E-state index contributed by atoms with van der Waals surface area (Å²) in [5, 5.41) is 13.0. The van der Waals surface area contributed by atoms with E-state index in [0.717, 1.165) is 18.4 Å². The Labute approximate surface area is 163 Å². The zero-order valence-electron chi connectivity index (χ0n) is 15.8. The molecular formula is C21H22N4O3. The maximum absolute atomic E-state index is 12.1. The lowest BCUT2D eigenvalue weighted by Gasteiger charge is -2.13. The number of nitrogens with zero attached hydrogens (tertiary/aromatic N) is 2. The monoisotopic (exact) mass is 378 g/mol. The standard InChI is InChI=1S/C21H22N4O3/c1-14(8-9-16-6-4-3-5-7-16)22-19(26)20(27)23-18-12-10-17(11-13-18)21-25-24-15(2)28-21/h3-7,10-14H,8-9H2,1-2H3,(H,22,26)(H,23,27)/t14-/m1/s1. The molecule has 0 spiro atoms. The van der Waals surface area contributed by atoms with Crippen LogP contribution in [0.15, 0.2) is 59.0 Å². The Kier molecular flexibility index (Phi) is 6.16. The highest BCUT2D eigenvalue weighted by atomic mass is 16.4. The fourth-order valence-corrected chi connectivity index (χ4v) is 2.69. The van der Waals surface area contributed by atoms with Gasteiger partial charge in [-0.1, -0.05) is 30.3 Å². The molecule has 0 aliphatic carbocycles. The molecule has 0 unspecified atom stereocenters. The first kappa shape index (κ1) is 19.3. The summed E-state index contributed by atoms with van der Waals surface area (Å²) in [6.45, 7) is 3.60. The van der Waals surface area contributed by atoms with Gasteiger partial charge in [-0.25, -0.2) is 0 Å². The van der Waals surface area contributed by atoms with E-state index < -0.39 is 11.8 Å². The van der Waals surface area contributed by atoms with Crippen LogP contribution in [0.2, 0.25) is 0 Å². The Morgan fingerprint density at radius 3 is 2.36 bits per heavy atom. The quantitative estimate of drug-likeness (QED) is 0.642. The summed E-state index contributed by atoms with van der Waals surface area (Å²) >= 11 is 0. The topological polar surface area (TPSA) is 97.1 Å². The molecule has 0 saturated heterocycles. The number of carbonyl (C=O) groups is 2. The summed E-state index contributed by atoms with van der Waals surface area (Å²) in [5.74, 6) is -0.476. The smallest absolute Gasteiger partial charge is 0.313 e. The molecule has 28 heavy (non-hydrogen) atoms. The first-order valence-electron chi connectivity index (χ1n) is 9.07. The lowest BCUT2D eigenvalue weighted by Crippen LogP contribution is -2.40. The maximum atomic E-state index is 12.1. The van der Waals surface area contributed by atoms with Gasteiger partial charge in [-0.3, -0.25) is 9.59 Å². The number of rotatable bonds is 6. The minimum absolute atomic E-state index is 0.110. The molecule has 1 aromatic heterocycles. The summed E-state index contributed by atoms with van der Waals surface area (Å²) in [5.41, 5.74) is 2.44. The molecule has 7 nitrogen and oxygen atoms in total. The summed E-state index contributed by atoms with van der Waals surface area (Å²) in [4.78, 5) is 24.2. The molecule has 7 heteroatoms. The van der Waals surface area contributed by atoms with Gasteiger partial charge in [0.15, 0.2) is 0 Å². The van der Waals surface area contributed by atoms with Crippen LogP contribution < -0.4 is 10.6 Å². The maximum Gasteiger partial charge on any atom is 0.313 e. The van der Waals surface area contributed by atoms with Gasteiger partial charge in [0, 0.05) is 24.2 Å². The van der Waals surface area contributed by atoms with E-state index in [4.69, 9.17) is 4.42 Å². The van der Waals surface area contributed by atoms with E-state index in [1.54, 1.807) is 31.2 Å². The van der Waals surface area contributed by atoms with Crippen LogP contribution in [0.4, 0.5) is 5.69 Å². The van der Waals surface area contributed by atoms with Crippen molar-refractivity contribution in [3.8, 4) is 11.5 Å². The number of aromatic nitrogens is 2. The Morgan fingerprint density at radius 1 is 1.00 bits per heavy atom. The lowest BCUT2D eigenvalue weighted by molar-refractivity contribution is -0.136. The highest BCUT2D eigenvalue weighted by molar-refractivity contribution is 6.39. The number of amides is 2. The van der Waals surface area contributed by atoms with E-state index >= 15 is 0 Å². The van der Waals surface area contributed by atoms with Crippen molar-refractivity contribution >= 4 is 17.5 Å². The predicted octanol–water partition coefficient (Wildman–Crippen LogP) is 3.12. The molecule has 3 aromatic rings. The highest BCUT2D eigenvalue weighted by Gasteiger charge is 2.16. The van der Waals surface area contributed by atoms with E-state index in [0.29, 0.717) is 17.5 Å². The van der Waals surface area contributed by atoms with Gasteiger partial charge < -0.3 is 15.1 Å². The van der Waals surface area contributed by atoms with Crippen LogP contribution in [-0.4, -0.2) is 28.1 Å². The second-order valence-electron chi connectivity index (χ2n) is 6.56. The molecule has 2 amide bonds. The molecule has 0 saturated carbocycles. The SMILES string of the molecule is Cc1nnc(-c2ccc(NC(=O)C(=O)N[C@H](C)CCc3ccccc3)cc2)o1. The minimum Gasteiger partial charge on any atom is -0.421 e. The minimum atomic E-state index is -0.701. The fraction of sp³-hybridized carbons (Fsp3) is 0.238. The number of hydrogen-bond acceptors (Lipinski definition) is 5. The van der Waals surface area contributed by atoms with Crippen molar-refractivity contribution in [2.24, 2.45) is 0 Å². The molecule has 0 radical (unpaired) electrons. The van der Waals surface area contributed by atoms with E-state index in [9.17, 15) is 9.59 Å². The number of hydrogen-bond donors (Lipinski definition) is 2. The van der Waals surface area contributed by atoms with Crippen molar-refractivity contribution in [3.63, 3.8) is 0 Å². The number of anilines is 1. The highest BCUT2D eigenvalue weighted by Crippen LogP contribution is 2.20. The summed E-state index contributed by atoms with van der Waals surface area (Å²) in [6, 6.07) is 16.7. The first-order chi connectivity index (χ1) is 13.5. The molecule has 3 rings (SSSR count). The molecule has 2 N–H and O–H groups in total. The van der Waals surface area contributed by atoms with Crippen LogP contribution >= 0.6 is 0 Å². The van der Waals surface area contributed by atoms with E-state index in [1.807, 2.05) is 37.3 Å². The van der Waals surface area contributed by atoms with E-state index in [1.165, 1.54) is 5.56 Å². The largest absolute Gasteiger partial charge is 0.421 e. The normalized spacial score (nSPS) is 11.6. The second-order valence-corrected chi connectivity index (χ2v) is 6.56. The third kappa shape index (κ3) is 5.26. The summed E-state index contributed by atoms with van der Waals surface area (Å²) in [7, 11) is 0. The number of benzene rings is 2. The van der Waals surface area contributed by atoms with Crippen LogP contribution in [0.1, 0.15) is 24.8 Å². The molecule has 0 bridgehead atoms. The van der Waals surface area contributed by atoms with Gasteiger partial charge in [0.2, 0.25) is 11.8 Å². The third-order valence-corrected chi connectivity index (χ3v) is 4.21. The summed E-state index contributed by atoms with van der Waals surface area (Å²) < 4.78 is 5.35. The van der Waals surface area contributed by atoms with Gasteiger partial charge in [-0.05, 0) is 49.6 Å². The van der Waals surface area contributed by atoms with E-state index in [2.05, 4.69) is 20.8 Å². The third-order valence-electron chi connectivity index (χ3n) is 4.21. The Bertz CT molecular complexity index is 936. The first-order valence-corrected chi connectivity index (χ1v) is 9.07. The van der Waals surface area contributed by atoms with Gasteiger partial charge in [0.25, 0.3) is 0 Å². The molecule has 0 aliphatic rings. The zero-order chi connectivity index (χ0) is 19.9. The molecule has 0 fully saturated rings. The molecule has 144 valence electrons.